The molecule has 0 N–H and O–H groups in total. The fourth-order valence-corrected chi connectivity index (χ4v) is 4.68. The Morgan fingerprint density at radius 1 is 0.962 bits per heavy atom. The van der Waals surface area contributed by atoms with Crippen LogP contribution in [0, 0.1) is 17.8 Å². The lowest BCUT2D eigenvalue weighted by atomic mass is 9.77. The molecule has 0 radical (unpaired) electrons. The second-order valence-corrected chi connectivity index (χ2v) is 8.11. The van der Waals surface area contributed by atoms with Gasteiger partial charge in [-0.1, -0.05) is 43.5 Å². The third-order valence-corrected chi connectivity index (χ3v) is 6.32. The highest BCUT2D eigenvalue weighted by Crippen LogP contribution is 2.30. The van der Waals surface area contributed by atoms with Crippen molar-refractivity contribution in [1.29, 1.82) is 0 Å². The summed E-state index contributed by atoms with van der Waals surface area (Å²) in [5.74, 6) is -0.238. The van der Waals surface area contributed by atoms with Crippen molar-refractivity contribution in [3.8, 4) is 0 Å². The van der Waals surface area contributed by atoms with Crippen molar-refractivity contribution in [3.63, 3.8) is 0 Å². The molecule has 1 saturated carbocycles. The summed E-state index contributed by atoms with van der Waals surface area (Å²) in [7, 11) is 0. The molecular formula is C23H30O3. The molecule has 140 valence electrons. The smallest absolute Gasteiger partial charge is 0.146 e. The molecule has 0 saturated heterocycles. The van der Waals surface area contributed by atoms with Gasteiger partial charge < -0.3 is 0 Å². The first-order valence-corrected chi connectivity index (χ1v) is 10.2. The van der Waals surface area contributed by atoms with Gasteiger partial charge in [-0.3, -0.25) is 14.4 Å². The van der Waals surface area contributed by atoms with Gasteiger partial charge in [-0.15, -0.1) is 0 Å². The highest BCUT2D eigenvalue weighted by Gasteiger charge is 2.32. The predicted molar refractivity (Wildman–Crippen MR) is 102 cm³/mol. The van der Waals surface area contributed by atoms with Crippen LogP contribution in [0.5, 0.6) is 0 Å². The van der Waals surface area contributed by atoms with Gasteiger partial charge in [-0.2, -0.15) is 0 Å². The van der Waals surface area contributed by atoms with Crippen LogP contribution in [0.1, 0.15) is 69.4 Å². The van der Waals surface area contributed by atoms with Gasteiger partial charge in [0.1, 0.15) is 17.3 Å². The van der Waals surface area contributed by atoms with Gasteiger partial charge in [0.2, 0.25) is 0 Å². The van der Waals surface area contributed by atoms with Gasteiger partial charge in [-0.05, 0) is 56.6 Å². The van der Waals surface area contributed by atoms with Crippen LogP contribution in [0.2, 0.25) is 0 Å². The highest BCUT2D eigenvalue weighted by molar-refractivity contribution is 6.02. The highest BCUT2D eigenvalue weighted by atomic mass is 16.2. The minimum absolute atomic E-state index is 0.0364. The van der Waals surface area contributed by atoms with E-state index >= 15 is 0 Å². The van der Waals surface area contributed by atoms with Crippen LogP contribution in [-0.2, 0) is 27.2 Å². The maximum absolute atomic E-state index is 12.8. The number of ketones is 3. The lowest BCUT2D eigenvalue weighted by molar-refractivity contribution is -0.135. The number of carbonyl (C=O) groups excluding carboxylic acids is 3. The van der Waals surface area contributed by atoms with Crippen molar-refractivity contribution in [2.24, 2.45) is 17.8 Å². The molecule has 0 aromatic heterocycles. The molecule has 0 amide bonds. The molecule has 3 nitrogen and oxygen atoms in total. The molecule has 2 aliphatic rings. The normalized spacial score (nSPS) is 21.7. The predicted octanol–water partition coefficient (Wildman–Crippen LogP) is 4.50. The summed E-state index contributed by atoms with van der Waals surface area (Å²) >= 11 is 0. The summed E-state index contributed by atoms with van der Waals surface area (Å²) in [6, 6.07) is 8.33. The molecule has 0 bridgehead atoms. The number of aryl methyl sites for hydroxylation is 1. The Morgan fingerprint density at radius 2 is 1.65 bits per heavy atom. The summed E-state index contributed by atoms with van der Waals surface area (Å²) < 4.78 is 0. The largest absolute Gasteiger partial charge is 0.299 e. The zero-order valence-electron chi connectivity index (χ0n) is 15.8. The van der Waals surface area contributed by atoms with Crippen molar-refractivity contribution >= 4 is 17.3 Å². The van der Waals surface area contributed by atoms with E-state index in [1.807, 2.05) is 6.07 Å². The first-order valence-electron chi connectivity index (χ1n) is 10.2. The molecule has 0 spiro atoms. The number of fused-ring (bicyclic) bond motifs is 1. The van der Waals surface area contributed by atoms with E-state index in [1.165, 1.54) is 24.5 Å². The molecule has 1 aromatic rings. The van der Waals surface area contributed by atoms with Crippen molar-refractivity contribution in [2.75, 3.05) is 0 Å². The minimum Gasteiger partial charge on any atom is -0.299 e. The quantitative estimate of drug-likeness (QED) is 0.678. The summed E-state index contributed by atoms with van der Waals surface area (Å²) in [6.07, 6.45) is 8.58. The Morgan fingerprint density at radius 3 is 2.35 bits per heavy atom. The average molecular weight is 354 g/mol. The van der Waals surface area contributed by atoms with Gasteiger partial charge >= 0.3 is 0 Å². The van der Waals surface area contributed by atoms with Gasteiger partial charge in [0, 0.05) is 18.3 Å². The van der Waals surface area contributed by atoms with Crippen molar-refractivity contribution < 1.29 is 14.4 Å². The molecule has 0 aliphatic heterocycles. The molecule has 3 heteroatoms. The van der Waals surface area contributed by atoms with E-state index in [0.717, 1.165) is 44.9 Å². The molecule has 2 aliphatic carbocycles. The van der Waals surface area contributed by atoms with Crippen LogP contribution in [0.25, 0.3) is 0 Å². The summed E-state index contributed by atoms with van der Waals surface area (Å²) in [6.45, 7) is 1.51. The van der Waals surface area contributed by atoms with E-state index in [9.17, 15) is 14.4 Å². The number of rotatable bonds is 7. The van der Waals surface area contributed by atoms with E-state index in [4.69, 9.17) is 0 Å². The first-order chi connectivity index (χ1) is 12.6. The Hall–Kier alpha value is -1.77. The molecule has 1 aromatic carbocycles. The molecule has 0 heterocycles. The molecular weight excluding hydrogens is 324 g/mol. The Balaban J connectivity index is 1.56. The third-order valence-electron chi connectivity index (χ3n) is 6.32. The van der Waals surface area contributed by atoms with Crippen LogP contribution in [0.15, 0.2) is 24.3 Å². The van der Waals surface area contributed by atoms with Crippen LogP contribution in [-0.4, -0.2) is 17.3 Å². The van der Waals surface area contributed by atoms with Gasteiger partial charge in [0.15, 0.2) is 0 Å². The number of Topliss-reactive ketones (excluding diaryl/α,β-unsaturated/α-hetero) is 3. The van der Waals surface area contributed by atoms with Gasteiger partial charge in [-0.25, -0.2) is 0 Å². The molecule has 1 fully saturated rings. The zero-order valence-corrected chi connectivity index (χ0v) is 15.8. The first kappa shape index (κ1) is 19.0. The maximum atomic E-state index is 12.8. The van der Waals surface area contributed by atoms with Gasteiger partial charge in [0.25, 0.3) is 0 Å². The summed E-state index contributed by atoms with van der Waals surface area (Å²) in [5.41, 5.74) is 2.63. The number of hydrogen-bond acceptors (Lipinski definition) is 3. The maximum Gasteiger partial charge on any atom is 0.146 e. The Labute approximate surface area is 156 Å². The van der Waals surface area contributed by atoms with Crippen LogP contribution in [0.3, 0.4) is 0 Å². The number of benzene rings is 1. The summed E-state index contributed by atoms with van der Waals surface area (Å²) in [4.78, 5) is 37.5. The number of hydrogen-bond donors (Lipinski definition) is 0. The van der Waals surface area contributed by atoms with Crippen molar-refractivity contribution in [2.45, 2.75) is 71.1 Å². The van der Waals surface area contributed by atoms with Crippen molar-refractivity contribution in [1.82, 2.24) is 0 Å². The van der Waals surface area contributed by atoms with E-state index in [2.05, 4.69) is 18.2 Å². The van der Waals surface area contributed by atoms with E-state index in [-0.39, 0.29) is 29.2 Å². The second-order valence-electron chi connectivity index (χ2n) is 8.11. The minimum atomic E-state index is -0.571. The zero-order chi connectivity index (χ0) is 18.5. The Bertz CT molecular complexity index is 670. The molecule has 26 heavy (non-hydrogen) atoms. The molecule has 2 unspecified atom stereocenters. The Kier molecular flexibility index (Phi) is 6.39. The standard InChI is InChI=1S/C23H30O3/c1-16(24)21(23(26)18-8-3-2-4-9-18)13-14-22(25)20-12-11-17-7-5-6-10-19(17)15-20/h5-7,10,18,20-21H,2-4,8-9,11-15H2,1H3. The fraction of sp³-hybridized carbons (Fsp3) is 0.609. The lowest BCUT2D eigenvalue weighted by Crippen LogP contribution is -2.31. The lowest BCUT2D eigenvalue weighted by Gasteiger charge is -2.26. The average Bonchev–Trinajstić information content (AvgIpc) is 2.67. The van der Waals surface area contributed by atoms with Crippen LogP contribution in [0.4, 0.5) is 0 Å². The number of carbonyl (C=O) groups is 3. The van der Waals surface area contributed by atoms with E-state index in [0.29, 0.717) is 12.8 Å². The summed E-state index contributed by atoms with van der Waals surface area (Å²) in [5, 5.41) is 0. The topological polar surface area (TPSA) is 51.2 Å². The van der Waals surface area contributed by atoms with E-state index < -0.39 is 5.92 Å². The molecule has 2 atom stereocenters. The van der Waals surface area contributed by atoms with Gasteiger partial charge in [0.05, 0.1) is 5.92 Å². The third kappa shape index (κ3) is 4.49. The van der Waals surface area contributed by atoms with Crippen LogP contribution < -0.4 is 0 Å². The second kappa shape index (κ2) is 8.75. The fourth-order valence-electron chi connectivity index (χ4n) is 4.68. The van der Waals surface area contributed by atoms with Crippen molar-refractivity contribution in [3.05, 3.63) is 35.4 Å². The monoisotopic (exact) mass is 354 g/mol. The SMILES string of the molecule is CC(=O)C(CCC(=O)C1CCc2ccccc2C1)C(=O)C1CCCCC1. The van der Waals surface area contributed by atoms with E-state index in [1.54, 1.807) is 0 Å². The molecule has 3 rings (SSSR count). The van der Waals surface area contributed by atoms with Crippen LogP contribution >= 0.6 is 0 Å².